The summed E-state index contributed by atoms with van der Waals surface area (Å²) < 4.78 is 20.2. The van der Waals surface area contributed by atoms with Crippen LogP contribution in [-0.4, -0.2) is 12.1 Å². The Balaban J connectivity index is 2.18. The molecule has 20 heavy (non-hydrogen) atoms. The quantitative estimate of drug-likeness (QED) is 0.839. The van der Waals surface area contributed by atoms with Gasteiger partial charge in [0.2, 0.25) is 0 Å². The van der Waals surface area contributed by atoms with E-state index in [0.717, 1.165) is 20.2 Å². The molecule has 0 spiro atoms. The van der Waals surface area contributed by atoms with Gasteiger partial charge in [-0.3, -0.25) is 4.98 Å². The summed E-state index contributed by atoms with van der Waals surface area (Å²) in [7, 11) is 1.44. The number of methoxy groups -OCH3 is 1. The van der Waals surface area contributed by atoms with Crippen LogP contribution in [0, 0.1) is 5.82 Å². The van der Waals surface area contributed by atoms with Gasteiger partial charge >= 0.3 is 0 Å². The molecule has 0 saturated heterocycles. The first-order valence-electron chi connectivity index (χ1n) is 5.90. The van der Waals surface area contributed by atoms with Gasteiger partial charge in [0.05, 0.1) is 18.8 Å². The lowest BCUT2D eigenvalue weighted by Crippen LogP contribution is -2.15. The third kappa shape index (κ3) is 3.56. The molecule has 0 fully saturated rings. The molecule has 6 heteroatoms. The maximum Gasteiger partial charge on any atom is 0.165 e. The molecular formula is C14H13Br2FN2O. The number of benzene rings is 1. The molecule has 0 radical (unpaired) electrons. The lowest BCUT2D eigenvalue weighted by Gasteiger charge is -2.13. The van der Waals surface area contributed by atoms with Crippen molar-refractivity contribution in [1.82, 2.24) is 4.98 Å². The molecule has 0 aliphatic heterocycles. The van der Waals surface area contributed by atoms with Crippen molar-refractivity contribution in [2.75, 3.05) is 7.11 Å². The van der Waals surface area contributed by atoms with Gasteiger partial charge in [0.1, 0.15) is 0 Å². The van der Waals surface area contributed by atoms with Crippen molar-refractivity contribution in [1.29, 1.82) is 0 Å². The fourth-order valence-electron chi connectivity index (χ4n) is 1.89. The Kier molecular flexibility index (Phi) is 5.12. The van der Waals surface area contributed by atoms with E-state index < -0.39 is 0 Å². The fourth-order valence-corrected chi connectivity index (χ4v) is 3.17. The molecule has 2 rings (SSSR count). The largest absolute Gasteiger partial charge is 0.494 e. The topological polar surface area (TPSA) is 48.1 Å². The summed E-state index contributed by atoms with van der Waals surface area (Å²) >= 11 is 6.77. The summed E-state index contributed by atoms with van der Waals surface area (Å²) in [6.07, 6.45) is 2.18. The second-order valence-corrected chi connectivity index (χ2v) is 6.07. The van der Waals surface area contributed by atoms with E-state index in [9.17, 15) is 4.39 Å². The van der Waals surface area contributed by atoms with Crippen LogP contribution in [-0.2, 0) is 6.42 Å². The lowest BCUT2D eigenvalue weighted by atomic mass is 10.0. The predicted octanol–water partition coefficient (Wildman–Crippen LogP) is 4.00. The molecule has 3 nitrogen and oxygen atoms in total. The maximum atomic E-state index is 13.6. The zero-order valence-electron chi connectivity index (χ0n) is 10.7. The van der Waals surface area contributed by atoms with Crippen molar-refractivity contribution in [2.24, 2.45) is 5.73 Å². The van der Waals surface area contributed by atoms with E-state index in [-0.39, 0.29) is 17.6 Å². The summed E-state index contributed by atoms with van der Waals surface area (Å²) in [6.45, 7) is 0. The minimum absolute atomic E-state index is 0.227. The van der Waals surface area contributed by atoms with Crippen molar-refractivity contribution in [2.45, 2.75) is 12.5 Å². The SMILES string of the molecule is COc1ccc(CC(N)c2ncc(Br)cc2Br)cc1F. The highest BCUT2D eigenvalue weighted by molar-refractivity contribution is 9.11. The van der Waals surface area contributed by atoms with Crippen LogP contribution in [0.5, 0.6) is 5.75 Å². The fraction of sp³-hybridized carbons (Fsp3) is 0.214. The Bertz CT molecular complexity index is 622. The van der Waals surface area contributed by atoms with Crippen LogP contribution < -0.4 is 10.5 Å². The monoisotopic (exact) mass is 402 g/mol. The van der Waals surface area contributed by atoms with E-state index in [1.165, 1.54) is 13.2 Å². The van der Waals surface area contributed by atoms with E-state index in [2.05, 4.69) is 36.8 Å². The molecule has 0 saturated carbocycles. The predicted molar refractivity (Wildman–Crippen MR) is 83.2 cm³/mol. The molecule has 1 aromatic heterocycles. The third-order valence-corrected chi connectivity index (χ3v) is 3.93. The molecule has 2 aromatic rings. The normalized spacial score (nSPS) is 12.2. The molecule has 1 unspecified atom stereocenters. The number of pyridine rings is 1. The Morgan fingerprint density at radius 2 is 2.10 bits per heavy atom. The summed E-state index contributed by atoms with van der Waals surface area (Å²) in [5, 5.41) is 0. The number of nitrogens with zero attached hydrogens (tertiary/aromatic N) is 1. The Labute approximate surface area is 133 Å². The first-order valence-corrected chi connectivity index (χ1v) is 7.48. The van der Waals surface area contributed by atoms with Gasteiger partial charge in [0.15, 0.2) is 11.6 Å². The van der Waals surface area contributed by atoms with E-state index >= 15 is 0 Å². The van der Waals surface area contributed by atoms with Gasteiger partial charge in [-0.15, -0.1) is 0 Å². The van der Waals surface area contributed by atoms with Crippen LogP contribution in [0.2, 0.25) is 0 Å². The highest BCUT2D eigenvalue weighted by atomic mass is 79.9. The summed E-state index contributed by atoms with van der Waals surface area (Å²) in [5.41, 5.74) is 7.68. The first kappa shape index (κ1) is 15.4. The Morgan fingerprint density at radius 1 is 1.35 bits per heavy atom. The van der Waals surface area contributed by atoms with Crippen LogP contribution in [0.15, 0.2) is 39.4 Å². The van der Waals surface area contributed by atoms with Crippen LogP contribution in [0.1, 0.15) is 17.3 Å². The zero-order valence-corrected chi connectivity index (χ0v) is 13.9. The van der Waals surface area contributed by atoms with Crippen molar-refractivity contribution < 1.29 is 9.13 Å². The number of nitrogens with two attached hydrogens (primary N) is 1. The van der Waals surface area contributed by atoms with Crippen molar-refractivity contribution in [3.05, 3.63) is 56.5 Å². The van der Waals surface area contributed by atoms with Gasteiger partial charge < -0.3 is 10.5 Å². The van der Waals surface area contributed by atoms with Gasteiger partial charge in [0, 0.05) is 15.1 Å². The minimum atomic E-state index is -0.389. The van der Waals surface area contributed by atoms with Crippen molar-refractivity contribution in [3.8, 4) is 5.75 Å². The number of ether oxygens (including phenoxy) is 1. The zero-order chi connectivity index (χ0) is 14.7. The molecule has 106 valence electrons. The van der Waals surface area contributed by atoms with E-state index in [4.69, 9.17) is 10.5 Å². The molecule has 1 atom stereocenters. The first-order chi connectivity index (χ1) is 9.51. The average molecular weight is 404 g/mol. The van der Waals surface area contributed by atoms with Crippen molar-refractivity contribution in [3.63, 3.8) is 0 Å². The molecule has 1 heterocycles. The van der Waals surface area contributed by atoms with Crippen molar-refractivity contribution >= 4 is 31.9 Å². The number of aromatic nitrogens is 1. The highest BCUT2D eigenvalue weighted by Gasteiger charge is 2.14. The lowest BCUT2D eigenvalue weighted by molar-refractivity contribution is 0.386. The average Bonchev–Trinajstić information content (AvgIpc) is 2.38. The third-order valence-electron chi connectivity index (χ3n) is 2.86. The molecule has 0 aliphatic carbocycles. The van der Waals surface area contributed by atoms with Gasteiger partial charge in [-0.2, -0.15) is 0 Å². The summed E-state index contributed by atoms with van der Waals surface area (Å²) in [4.78, 5) is 4.29. The molecule has 0 amide bonds. The molecule has 1 aromatic carbocycles. The van der Waals surface area contributed by atoms with Crippen LogP contribution >= 0.6 is 31.9 Å². The van der Waals surface area contributed by atoms with Gasteiger partial charge in [0.25, 0.3) is 0 Å². The van der Waals surface area contributed by atoms with Crippen LogP contribution in [0.25, 0.3) is 0 Å². The second-order valence-electron chi connectivity index (χ2n) is 4.30. The molecule has 0 aliphatic rings. The minimum Gasteiger partial charge on any atom is -0.494 e. The Hall–Kier alpha value is -0.980. The molecule has 2 N–H and O–H groups in total. The van der Waals surface area contributed by atoms with Gasteiger partial charge in [-0.25, -0.2) is 4.39 Å². The van der Waals surface area contributed by atoms with E-state index in [1.807, 2.05) is 6.07 Å². The number of hydrogen-bond donors (Lipinski definition) is 1. The Morgan fingerprint density at radius 3 is 2.70 bits per heavy atom. The molecule has 0 bridgehead atoms. The van der Waals surface area contributed by atoms with Gasteiger partial charge in [-0.1, -0.05) is 6.07 Å². The highest BCUT2D eigenvalue weighted by Crippen LogP contribution is 2.26. The standard InChI is InChI=1S/C14H13Br2FN2O/c1-20-13-3-2-8(4-11(13)17)5-12(18)14-10(16)6-9(15)7-19-14/h2-4,6-7,12H,5,18H2,1H3. The van der Waals surface area contributed by atoms with Crippen LogP contribution in [0.3, 0.4) is 0 Å². The number of hydrogen-bond acceptors (Lipinski definition) is 3. The number of rotatable bonds is 4. The summed E-state index contributed by atoms with van der Waals surface area (Å²) in [5.74, 6) is -0.162. The smallest absolute Gasteiger partial charge is 0.165 e. The van der Waals surface area contributed by atoms with E-state index in [1.54, 1.807) is 18.3 Å². The maximum absolute atomic E-state index is 13.6. The second kappa shape index (κ2) is 6.65. The van der Waals surface area contributed by atoms with Gasteiger partial charge in [-0.05, 0) is 62.0 Å². The summed E-state index contributed by atoms with van der Waals surface area (Å²) in [6, 6.07) is 6.41. The molecular weight excluding hydrogens is 391 g/mol. The van der Waals surface area contributed by atoms with E-state index in [0.29, 0.717) is 6.42 Å². The van der Waals surface area contributed by atoms with Crippen LogP contribution in [0.4, 0.5) is 4.39 Å². The number of halogens is 3.